The molecule has 1 aliphatic carbocycles. The number of carbonyl (C=O) groups is 2. The van der Waals surface area contributed by atoms with Gasteiger partial charge in [0.2, 0.25) is 5.91 Å². The summed E-state index contributed by atoms with van der Waals surface area (Å²) in [4.78, 5) is 28.3. The second-order valence-electron chi connectivity index (χ2n) is 6.19. The number of phenols is 1. The molecule has 1 heterocycles. The largest absolute Gasteiger partial charge is 0.508 e. The molecular formula is C18H22N2O3. The minimum atomic E-state index is -0.0910. The molecule has 1 aliphatic heterocycles. The van der Waals surface area contributed by atoms with Gasteiger partial charge in [-0.1, -0.05) is 18.2 Å². The van der Waals surface area contributed by atoms with Crippen LogP contribution in [0, 0.1) is 5.92 Å². The van der Waals surface area contributed by atoms with E-state index >= 15 is 0 Å². The number of carbonyl (C=O) groups excluding carboxylic acids is 2. The average molecular weight is 314 g/mol. The molecule has 1 fully saturated rings. The Morgan fingerprint density at radius 1 is 1.13 bits per heavy atom. The van der Waals surface area contributed by atoms with Crippen molar-refractivity contribution in [2.75, 3.05) is 26.2 Å². The average Bonchev–Trinajstić information content (AvgIpc) is 3.07. The summed E-state index contributed by atoms with van der Waals surface area (Å²) < 4.78 is 0. The first-order valence-electron chi connectivity index (χ1n) is 8.16. The fourth-order valence-electron chi connectivity index (χ4n) is 3.20. The Morgan fingerprint density at radius 2 is 1.87 bits per heavy atom. The van der Waals surface area contributed by atoms with Crippen LogP contribution in [0.2, 0.25) is 0 Å². The number of piperazine rings is 1. The molecular weight excluding hydrogens is 292 g/mol. The molecule has 0 unspecified atom stereocenters. The van der Waals surface area contributed by atoms with Crippen molar-refractivity contribution in [2.24, 2.45) is 5.92 Å². The van der Waals surface area contributed by atoms with Crippen LogP contribution in [-0.2, 0) is 4.79 Å². The second-order valence-corrected chi connectivity index (χ2v) is 6.19. The van der Waals surface area contributed by atoms with Gasteiger partial charge in [-0.15, -0.1) is 0 Å². The maximum Gasteiger partial charge on any atom is 0.254 e. The maximum absolute atomic E-state index is 12.4. The van der Waals surface area contributed by atoms with Crippen molar-refractivity contribution in [3.05, 3.63) is 42.0 Å². The smallest absolute Gasteiger partial charge is 0.254 e. The highest BCUT2D eigenvalue weighted by Crippen LogP contribution is 2.22. The first-order valence-corrected chi connectivity index (χ1v) is 8.16. The number of aromatic hydroxyl groups is 1. The van der Waals surface area contributed by atoms with Crippen molar-refractivity contribution in [1.82, 2.24) is 9.80 Å². The number of rotatable bonds is 3. The molecule has 1 saturated heterocycles. The summed E-state index contributed by atoms with van der Waals surface area (Å²) in [6.45, 7) is 2.25. The molecule has 2 amide bonds. The van der Waals surface area contributed by atoms with Crippen LogP contribution >= 0.6 is 0 Å². The number of phenolic OH excluding ortho intramolecular Hbond substituents is 1. The normalized spacial score (nSPS) is 20.8. The molecule has 1 N–H and O–H groups in total. The zero-order chi connectivity index (χ0) is 16.2. The molecule has 0 bridgehead atoms. The molecule has 1 aromatic rings. The fraction of sp³-hybridized carbons (Fsp3) is 0.444. The zero-order valence-corrected chi connectivity index (χ0v) is 13.1. The summed E-state index contributed by atoms with van der Waals surface area (Å²) in [5.41, 5.74) is 0.487. The minimum Gasteiger partial charge on any atom is -0.508 e. The third-order valence-electron chi connectivity index (χ3n) is 4.56. The molecule has 3 rings (SSSR count). The predicted octanol–water partition coefficient (Wildman–Crippen LogP) is 2.03. The van der Waals surface area contributed by atoms with Crippen molar-refractivity contribution in [1.29, 1.82) is 0 Å². The number of hydrogen-bond donors (Lipinski definition) is 1. The number of benzene rings is 1. The fourth-order valence-corrected chi connectivity index (χ4v) is 3.20. The van der Waals surface area contributed by atoms with E-state index in [1.165, 1.54) is 6.07 Å². The molecule has 1 aromatic carbocycles. The standard InChI is InChI=1S/C18H22N2O3/c21-16-7-3-6-15(13-16)18(23)20-10-8-19(9-11-20)17(22)12-14-4-1-2-5-14/h1,3-4,6-7,13-14,21H,2,5,8-12H2/t14-/m0/s1. The summed E-state index contributed by atoms with van der Waals surface area (Å²) in [6.07, 6.45) is 7.01. The molecule has 0 saturated carbocycles. The zero-order valence-electron chi connectivity index (χ0n) is 13.1. The van der Waals surface area contributed by atoms with Crippen LogP contribution in [0.25, 0.3) is 0 Å². The Kier molecular flexibility index (Phi) is 4.65. The van der Waals surface area contributed by atoms with Crippen molar-refractivity contribution in [3.63, 3.8) is 0 Å². The van der Waals surface area contributed by atoms with Crippen LogP contribution in [0.5, 0.6) is 5.75 Å². The van der Waals surface area contributed by atoms with E-state index in [1.54, 1.807) is 23.1 Å². The third-order valence-corrected chi connectivity index (χ3v) is 4.56. The molecule has 0 aromatic heterocycles. The Hall–Kier alpha value is -2.30. The Bertz CT molecular complexity index is 618. The van der Waals surface area contributed by atoms with Crippen LogP contribution in [-0.4, -0.2) is 52.9 Å². The Morgan fingerprint density at radius 3 is 2.52 bits per heavy atom. The molecule has 122 valence electrons. The highest BCUT2D eigenvalue weighted by molar-refractivity contribution is 5.94. The van der Waals surface area contributed by atoms with Crippen LogP contribution in [0.15, 0.2) is 36.4 Å². The van der Waals surface area contributed by atoms with Gasteiger partial charge >= 0.3 is 0 Å². The first-order chi connectivity index (χ1) is 11.1. The van der Waals surface area contributed by atoms with E-state index in [0.717, 1.165) is 12.8 Å². The maximum atomic E-state index is 12.4. The highest BCUT2D eigenvalue weighted by atomic mass is 16.3. The lowest BCUT2D eigenvalue weighted by Crippen LogP contribution is -2.50. The van der Waals surface area contributed by atoms with Gasteiger partial charge in [-0.3, -0.25) is 9.59 Å². The van der Waals surface area contributed by atoms with E-state index in [9.17, 15) is 14.7 Å². The quantitative estimate of drug-likeness (QED) is 0.869. The highest BCUT2D eigenvalue weighted by Gasteiger charge is 2.26. The van der Waals surface area contributed by atoms with E-state index in [2.05, 4.69) is 12.2 Å². The first kappa shape index (κ1) is 15.6. The minimum absolute atomic E-state index is 0.0910. The molecule has 2 aliphatic rings. The summed E-state index contributed by atoms with van der Waals surface area (Å²) >= 11 is 0. The van der Waals surface area contributed by atoms with Crippen LogP contribution in [0.1, 0.15) is 29.6 Å². The number of allylic oxidation sites excluding steroid dienone is 2. The van der Waals surface area contributed by atoms with Gasteiger partial charge in [0.1, 0.15) is 5.75 Å². The van der Waals surface area contributed by atoms with Gasteiger partial charge in [0.05, 0.1) is 0 Å². The Balaban J connectivity index is 1.52. The van der Waals surface area contributed by atoms with Crippen molar-refractivity contribution in [3.8, 4) is 5.75 Å². The third kappa shape index (κ3) is 3.73. The molecule has 5 heteroatoms. The number of nitrogens with zero attached hydrogens (tertiary/aromatic N) is 2. The monoisotopic (exact) mass is 314 g/mol. The summed E-state index contributed by atoms with van der Waals surface area (Å²) in [7, 11) is 0. The van der Waals surface area contributed by atoms with Gasteiger partial charge in [-0.2, -0.15) is 0 Å². The van der Waals surface area contributed by atoms with Crippen LogP contribution in [0.4, 0.5) is 0 Å². The lowest BCUT2D eigenvalue weighted by atomic mass is 10.0. The van der Waals surface area contributed by atoms with Gasteiger partial charge in [-0.25, -0.2) is 0 Å². The van der Waals surface area contributed by atoms with Gasteiger partial charge in [-0.05, 0) is 37.0 Å². The topological polar surface area (TPSA) is 60.9 Å². The second kappa shape index (κ2) is 6.86. The van der Waals surface area contributed by atoms with Gasteiger partial charge < -0.3 is 14.9 Å². The van der Waals surface area contributed by atoms with E-state index in [-0.39, 0.29) is 17.6 Å². The van der Waals surface area contributed by atoms with E-state index < -0.39 is 0 Å². The summed E-state index contributed by atoms with van der Waals surface area (Å²) in [5.74, 6) is 0.571. The van der Waals surface area contributed by atoms with E-state index in [4.69, 9.17) is 0 Å². The van der Waals surface area contributed by atoms with Crippen LogP contribution < -0.4 is 0 Å². The SMILES string of the molecule is O=C(C[C@H]1C=CCC1)N1CCN(C(=O)c2cccc(O)c2)CC1. The molecule has 0 radical (unpaired) electrons. The summed E-state index contributed by atoms with van der Waals surface area (Å²) in [5, 5.41) is 9.48. The van der Waals surface area contributed by atoms with E-state index in [1.807, 2.05) is 4.90 Å². The Labute approximate surface area is 136 Å². The molecule has 23 heavy (non-hydrogen) atoms. The van der Waals surface area contributed by atoms with Crippen LogP contribution in [0.3, 0.4) is 0 Å². The van der Waals surface area contributed by atoms with Crippen molar-refractivity contribution in [2.45, 2.75) is 19.3 Å². The molecule has 5 nitrogen and oxygen atoms in total. The number of hydrogen-bond acceptors (Lipinski definition) is 3. The predicted molar refractivity (Wildman–Crippen MR) is 87.1 cm³/mol. The lowest BCUT2D eigenvalue weighted by molar-refractivity contribution is -0.133. The van der Waals surface area contributed by atoms with Gasteiger partial charge in [0.15, 0.2) is 0 Å². The molecule has 0 spiro atoms. The summed E-state index contributed by atoms with van der Waals surface area (Å²) in [6, 6.07) is 6.39. The van der Waals surface area contributed by atoms with Gasteiger partial charge in [0, 0.05) is 38.2 Å². The van der Waals surface area contributed by atoms with Crippen molar-refractivity contribution >= 4 is 11.8 Å². The number of amides is 2. The van der Waals surface area contributed by atoms with E-state index in [0.29, 0.717) is 44.1 Å². The van der Waals surface area contributed by atoms with Crippen molar-refractivity contribution < 1.29 is 14.7 Å². The lowest BCUT2D eigenvalue weighted by Gasteiger charge is -2.35. The molecule has 1 atom stereocenters. The van der Waals surface area contributed by atoms with Gasteiger partial charge in [0.25, 0.3) is 5.91 Å².